The molecule has 0 radical (unpaired) electrons. The van der Waals surface area contributed by atoms with Gasteiger partial charge in [0.15, 0.2) is 0 Å². The molecule has 1 aromatic carbocycles. The largest absolute Gasteiger partial charge is 0.371 e. The molecule has 0 spiro atoms. The van der Waals surface area contributed by atoms with Crippen molar-refractivity contribution in [3.8, 4) is 0 Å². The summed E-state index contributed by atoms with van der Waals surface area (Å²) in [6.45, 7) is 5.28. The normalized spacial score (nSPS) is 22.2. The van der Waals surface area contributed by atoms with Gasteiger partial charge in [-0.1, -0.05) is 11.6 Å². The van der Waals surface area contributed by atoms with Gasteiger partial charge >= 0.3 is 0 Å². The van der Waals surface area contributed by atoms with Gasteiger partial charge < -0.3 is 15.0 Å². The Labute approximate surface area is 143 Å². The first-order chi connectivity index (χ1) is 11.1. The number of rotatable bonds is 7. The van der Waals surface area contributed by atoms with E-state index in [9.17, 15) is 4.79 Å². The van der Waals surface area contributed by atoms with Crippen LogP contribution in [-0.2, 0) is 9.53 Å². The molecule has 1 amide bonds. The lowest BCUT2D eigenvalue weighted by molar-refractivity contribution is -0.132. The van der Waals surface area contributed by atoms with Gasteiger partial charge in [-0.3, -0.25) is 4.79 Å². The minimum atomic E-state index is -0.343. The molecule has 1 N–H and O–H groups in total. The van der Waals surface area contributed by atoms with Crippen LogP contribution in [0.5, 0.6) is 0 Å². The molecule has 126 valence electrons. The van der Waals surface area contributed by atoms with Gasteiger partial charge in [0.25, 0.3) is 0 Å². The first kappa shape index (κ1) is 16.6. The second-order valence-electron chi connectivity index (χ2n) is 6.74. The molecule has 2 atom stereocenters. The lowest BCUT2D eigenvalue weighted by atomic mass is 10.1. The summed E-state index contributed by atoms with van der Waals surface area (Å²) in [5, 5.41) is 3.80. The Morgan fingerprint density at radius 1 is 1.30 bits per heavy atom. The molecule has 1 aromatic rings. The zero-order chi connectivity index (χ0) is 16.2. The standard InChI is InChI=1S/C18H25ClN2O2/c1-13(23-12-14-2-3-14)18(22)20-10-15-8-9-21(11-15)17-6-4-16(19)5-7-17/h4-7,13-15H,2-3,8-12H2,1H3,(H,20,22)/t13-,15-/m1/s1. The van der Waals surface area contributed by atoms with E-state index in [1.54, 1.807) is 0 Å². The smallest absolute Gasteiger partial charge is 0.248 e. The van der Waals surface area contributed by atoms with E-state index in [4.69, 9.17) is 16.3 Å². The van der Waals surface area contributed by atoms with Crippen molar-refractivity contribution in [3.05, 3.63) is 29.3 Å². The van der Waals surface area contributed by atoms with Gasteiger partial charge in [-0.05, 0) is 62.3 Å². The number of hydrogen-bond acceptors (Lipinski definition) is 3. The van der Waals surface area contributed by atoms with Crippen LogP contribution in [0.3, 0.4) is 0 Å². The maximum Gasteiger partial charge on any atom is 0.248 e. The van der Waals surface area contributed by atoms with Crippen molar-refractivity contribution in [3.63, 3.8) is 0 Å². The number of ether oxygens (including phenoxy) is 1. The summed E-state index contributed by atoms with van der Waals surface area (Å²) >= 11 is 5.93. The van der Waals surface area contributed by atoms with Crippen LogP contribution in [0.4, 0.5) is 5.69 Å². The predicted molar refractivity (Wildman–Crippen MR) is 92.9 cm³/mol. The highest BCUT2D eigenvalue weighted by atomic mass is 35.5. The second-order valence-corrected chi connectivity index (χ2v) is 7.18. The minimum absolute atomic E-state index is 0.00981. The number of nitrogens with zero attached hydrogens (tertiary/aromatic N) is 1. The van der Waals surface area contributed by atoms with E-state index in [-0.39, 0.29) is 12.0 Å². The average Bonchev–Trinajstić information content (AvgIpc) is 3.27. The lowest BCUT2D eigenvalue weighted by Gasteiger charge is -2.19. The molecule has 5 heteroatoms. The summed E-state index contributed by atoms with van der Waals surface area (Å²) in [7, 11) is 0. The van der Waals surface area contributed by atoms with E-state index in [1.807, 2.05) is 19.1 Å². The Bertz CT molecular complexity index is 530. The number of hydrogen-bond donors (Lipinski definition) is 1. The van der Waals surface area contributed by atoms with E-state index in [0.29, 0.717) is 11.8 Å². The first-order valence-electron chi connectivity index (χ1n) is 8.51. The van der Waals surface area contributed by atoms with E-state index >= 15 is 0 Å². The lowest BCUT2D eigenvalue weighted by Crippen LogP contribution is -2.38. The maximum absolute atomic E-state index is 12.1. The highest BCUT2D eigenvalue weighted by molar-refractivity contribution is 6.30. The molecule has 1 saturated heterocycles. The zero-order valence-corrected chi connectivity index (χ0v) is 14.4. The Kier molecular flexibility index (Phi) is 5.44. The number of benzene rings is 1. The maximum atomic E-state index is 12.1. The van der Waals surface area contributed by atoms with Gasteiger partial charge in [-0.25, -0.2) is 0 Å². The van der Waals surface area contributed by atoms with Gasteiger partial charge in [-0.15, -0.1) is 0 Å². The highest BCUT2D eigenvalue weighted by Crippen LogP contribution is 2.29. The third-order valence-corrected chi connectivity index (χ3v) is 4.94. The SMILES string of the molecule is C[C@@H](OCC1CC1)C(=O)NC[C@H]1CCN(c2ccc(Cl)cc2)C1. The molecule has 2 fully saturated rings. The van der Waals surface area contributed by atoms with E-state index in [2.05, 4.69) is 22.3 Å². The van der Waals surface area contributed by atoms with Crippen molar-refractivity contribution in [1.29, 1.82) is 0 Å². The van der Waals surface area contributed by atoms with Crippen LogP contribution in [-0.4, -0.2) is 38.3 Å². The number of carbonyl (C=O) groups is 1. The Morgan fingerprint density at radius 3 is 2.74 bits per heavy atom. The summed E-state index contributed by atoms with van der Waals surface area (Å²) in [6.07, 6.45) is 3.25. The van der Waals surface area contributed by atoms with E-state index in [0.717, 1.165) is 37.7 Å². The van der Waals surface area contributed by atoms with Crippen molar-refractivity contribution < 1.29 is 9.53 Å². The first-order valence-corrected chi connectivity index (χ1v) is 8.89. The molecular weight excluding hydrogens is 312 g/mol. The summed E-state index contributed by atoms with van der Waals surface area (Å²) in [5.74, 6) is 1.19. The number of nitrogens with one attached hydrogen (secondary N) is 1. The van der Waals surface area contributed by atoms with Crippen LogP contribution in [0.1, 0.15) is 26.2 Å². The molecule has 0 aromatic heterocycles. The molecular formula is C18H25ClN2O2. The van der Waals surface area contributed by atoms with E-state index < -0.39 is 0 Å². The number of halogens is 1. The quantitative estimate of drug-likeness (QED) is 0.832. The van der Waals surface area contributed by atoms with Crippen molar-refractivity contribution in [1.82, 2.24) is 5.32 Å². The molecule has 1 saturated carbocycles. The van der Waals surface area contributed by atoms with Crippen molar-refractivity contribution >= 4 is 23.2 Å². The van der Waals surface area contributed by atoms with Crippen LogP contribution in [0.2, 0.25) is 5.02 Å². The Balaban J connectivity index is 1.39. The topological polar surface area (TPSA) is 41.6 Å². The molecule has 1 aliphatic carbocycles. The van der Waals surface area contributed by atoms with E-state index in [1.165, 1.54) is 18.5 Å². The Hall–Kier alpha value is -1.26. The second kappa shape index (κ2) is 7.54. The van der Waals surface area contributed by atoms with Gasteiger partial charge in [0.05, 0.1) is 6.61 Å². The molecule has 2 aliphatic rings. The van der Waals surface area contributed by atoms with Crippen LogP contribution < -0.4 is 10.2 Å². The van der Waals surface area contributed by atoms with Crippen LogP contribution in [0.25, 0.3) is 0 Å². The van der Waals surface area contributed by atoms with Crippen molar-refractivity contribution in [2.24, 2.45) is 11.8 Å². The predicted octanol–water partition coefficient (Wildman–Crippen LogP) is 3.10. The van der Waals surface area contributed by atoms with Gasteiger partial charge in [0, 0.05) is 30.3 Å². The molecule has 1 aliphatic heterocycles. The summed E-state index contributed by atoms with van der Waals surface area (Å²) in [6, 6.07) is 7.95. The molecule has 1 heterocycles. The molecule has 3 rings (SSSR count). The van der Waals surface area contributed by atoms with Crippen LogP contribution in [0, 0.1) is 11.8 Å². The third-order valence-electron chi connectivity index (χ3n) is 4.69. The number of amides is 1. The zero-order valence-electron chi connectivity index (χ0n) is 13.6. The fourth-order valence-electron chi connectivity index (χ4n) is 2.91. The summed E-state index contributed by atoms with van der Waals surface area (Å²) in [4.78, 5) is 14.4. The summed E-state index contributed by atoms with van der Waals surface area (Å²) < 4.78 is 5.61. The molecule has 4 nitrogen and oxygen atoms in total. The third kappa shape index (κ3) is 4.85. The highest BCUT2D eigenvalue weighted by Gasteiger charge is 2.26. The monoisotopic (exact) mass is 336 g/mol. The van der Waals surface area contributed by atoms with Crippen LogP contribution >= 0.6 is 11.6 Å². The fourth-order valence-corrected chi connectivity index (χ4v) is 3.04. The number of carbonyl (C=O) groups excluding carboxylic acids is 1. The average molecular weight is 337 g/mol. The minimum Gasteiger partial charge on any atom is -0.371 e. The van der Waals surface area contributed by atoms with Crippen LogP contribution in [0.15, 0.2) is 24.3 Å². The Morgan fingerprint density at radius 2 is 2.04 bits per heavy atom. The van der Waals surface area contributed by atoms with Crippen molar-refractivity contribution in [2.75, 3.05) is 31.1 Å². The van der Waals surface area contributed by atoms with Crippen molar-refractivity contribution in [2.45, 2.75) is 32.3 Å². The van der Waals surface area contributed by atoms with Gasteiger partial charge in [0.1, 0.15) is 6.10 Å². The summed E-state index contributed by atoms with van der Waals surface area (Å²) in [5.41, 5.74) is 1.20. The van der Waals surface area contributed by atoms with Gasteiger partial charge in [0.2, 0.25) is 5.91 Å². The molecule has 0 unspecified atom stereocenters. The number of anilines is 1. The molecule has 23 heavy (non-hydrogen) atoms. The fraction of sp³-hybridized carbons (Fsp3) is 0.611. The molecule has 0 bridgehead atoms. The van der Waals surface area contributed by atoms with Gasteiger partial charge in [-0.2, -0.15) is 0 Å².